The first kappa shape index (κ1) is 20.5. The van der Waals surface area contributed by atoms with Gasteiger partial charge in [-0.25, -0.2) is 9.55 Å². The number of Topliss-reactive ketones (excluding diaryl/α,β-unsaturated/α-hetero) is 2. The number of benzene rings is 1. The number of likely N-dealkylation sites (tertiary alicyclic amines) is 1. The number of carbonyl (C=O) groups excluding carboxylic acids is 3. The Morgan fingerprint density at radius 3 is 2.74 bits per heavy atom. The third-order valence-corrected chi connectivity index (χ3v) is 5.55. The van der Waals surface area contributed by atoms with E-state index in [2.05, 4.69) is 9.97 Å². The van der Waals surface area contributed by atoms with Crippen molar-refractivity contribution in [2.75, 3.05) is 13.7 Å². The molecule has 0 bridgehead atoms. The number of pyridine rings is 1. The average molecular weight is 420 g/mol. The molecule has 3 heterocycles. The molecule has 1 aromatic carbocycles. The van der Waals surface area contributed by atoms with Gasteiger partial charge in [0.25, 0.3) is 5.91 Å². The van der Waals surface area contributed by atoms with Crippen LogP contribution in [-0.2, 0) is 16.1 Å². The number of nitrogens with zero attached hydrogens (tertiary/aromatic N) is 2. The summed E-state index contributed by atoms with van der Waals surface area (Å²) >= 11 is 0. The maximum absolute atomic E-state index is 13.4. The molecular formula is C23H24N4O4+2. The number of ether oxygens (including phenoxy) is 1. The highest BCUT2D eigenvalue weighted by Gasteiger charge is 2.51. The molecule has 4 rings (SSSR count). The predicted octanol–water partition coefficient (Wildman–Crippen LogP) is 1.17. The Bertz CT molecular complexity index is 1080. The Kier molecular flexibility index (Phi) is 5.88. The Hall–Kier alpha value is -3.81. The van der Waals surface area contributed by atoms with Gasteiger partial charge in [0.1, 0.15) is 24.1 Å². The fourth-order valence-corrected chi connectivity index (χ4v) is 4.04. The van der Waals surface area contributed by atoms with Gasteiger partial charge in [0, 0.05) is 30.7 Å². The first-order valence-electron chi connectivity index (χ1n) is 10.1. The SMILES string of the molecule is COc1cccc(C(=O)C2C(=O)C(=O)N(CCC[n+]3cc[nH]c3)C2c2cc[nH+]cc2)c1. The van der Waals surface area contributed by atoms with Crippen LogP contribution in [0.2, 0.25) is 0 Å². The number of hydrogen-bond donors (Lipinski definition) is 1. The minimum absolute atomic E-state index is 0.350. The van der Waals surface area contributed by atoms with E-state index in [0.29, 0.717) is 30.8 Å². The third kappa shape index (κ3) is 4.09. The van der Waals surface area contributed by atoms with Crippen LogP contribution in [0.1, 0.15) is 28.4 Å². The lowest BCUT2D eigenvalue weighted by atomic mass is 9.86. The van der Waals surface area contributed by atoms with Gasteiger partial charge in [-0.3, -0.25) is 19.4 Å². The summed E-state index contributed by atoms with van der Waals surface area (Å²) in [5, 5.41) is 0. The number of rotatable bonds is 8. The van der Waals surface area contributed by atoms with Crippen molar-refractivity contribution in [1.82, 2.24) is 9.88 Å². The van der Waals surface area contributed by atoms with E-state index in [1.54, 1.807) is 48.8 Å². The normalized spacial score (nSPS) is 18.4. The molecule has 1 fully saturated rings. The molecule has 1 aliphatic rings. The van der Waals surface area contributed by atoms with Crippen molar-refractivity contribution in [2.45, 2.75) is 19.0 Å². The molecule has 0 saturated carbocycles. The van der Waals surface area contributed by atoms with Gasteiger partial charge in [0.05, 0.1) is 19.7 Å². The maximum atomic E-state index is 13.4. The number of aromatic nitrogens is 3. The fraction of sp³-hybridized carbons (Fsp3) is 0.261. The Labute approximate surface area is 179 Å². The molecule has 8 heteroatoms. The molecule has 1 amide bonds. The molecule has 1 saturated heterocycles. The van der Waals surface area contributed by atoms with E-state index in [4.69, 9.17) is 4.74 Å². The molecule has 2 N–H and O–H groups in total. The van der Waals surface area contributed by atoms with Crippen LogP contribution in [0.25, 0.3) is 0 Å². The minimum atomic E-state index is -1.10. The summed E-state index contributed by atoms with van der Waals surface area (Å²) in [4.78, 5) is 46.8. The lowest BCUT2D eigenvalue weighted by Gasteiger charge is -2.26. The van der Waals surface area contributed by atoms with E-state index in [1.807, 2.05) is 23.3 Å². The summed E-state index contributed by atoms with van der Waals surface area (Å²) in [6, 6.07) is 9.63. The summed E-state index contributed by atoms with van der Waals surface area (Å²) in [5.74, 6) is -2.23. The van der Waals surface area contributed by atoms with Crippen molar-refractivity contribution >= 4 is 17.5 Å². The zero-order valence-corrected chi connectivity index (χ0v) is 17.2. The van der Waals surface area contributed by atoms with Crippen LogP contribution in [0.15, 0.2) is 67.5 Å². The summed E-state index contributed by atoms with van der Waals surface area (Å²) in [5.41, 5.74) is 1.09. The zero-order chi connectivity index (χ0) is 21.8. The molecular weight excluding hydrogens is 396 g/mol. The van der Waals surface area contributed by atoms with E-state index in [0.717, 1.165) is 5.56 Å². The van der Waals surface area contributed by atoms with Crippen LogP contribution in [-0.4, -0.2) is 41.0 Å². The molecule has 0 spiro atoms. The number of hydrogen-bond acceptors (Lipinski definition) is 4. The number of ketones is 2. The number of nitrogens with one attached hydrogen (secondary N) is 2. The quantitative estimate of drug-likeness (QED) is 0.256. The van der Waals surface area contributed by atoms with Crippen LogP contribution in [0.3, 0.4) is 0 Å². The van der Waals surface area contributed by atoms with Gasteiger partial charge < -0.3 is 9.64 Å². The van der Waals surface area contributed by atoms with Gasteiger partial charge in [-0.05, 0) is 17.7 Å². The minimum Gasteiger partial charge on any atom is -0.497 e. The number of aryl methyl sites for hydroxylation is 1. The topological polar surface area (TPSA) is 97.5 Å². The highest BCUT2D eigenvalue weighted by Crippen LogP contribution is 2.38. The lowest BCUT2D eigenvalue weighted by Crippen LogP contribution is -2.36. The van der Waals surface area contributed by atoms with Gasteiger partial charge in [-0.2, -0.15) is 0 Å². The van der Waals surface area contributed by atoms with Crippen LogP contribution < -0.4 is 14.3 Å². The molecule has 31 heavy (non-hydrogen) atoms. The number of methoxy groups -OCH3 is 1. The first-order valence-corrected chi connectivity index (χ1v) is 10.1. The van der Waals surface area contributed by atoms with Crippen LogP contribution >= 0.6 is 0 Å². The number of amides is 1. The molecule has 0 aliphatic carbocycles. The molecule has 8 nitrogen and oxygen atoms in total. The first-order chi connectivity index (χ1) is 15.1. The van der Waals surface area contributed by atoms with Crippen LogP contribution in [0, 0.1) is 5.92 Å². The summed E-state index contributed by atoms with van der Waals surface area (Å²) in [7, 11) is 1.52. The maximum Gasteiger partial charge on any atom is 0.291 e. The van der Waals surface area contributed by atoms with E-state index >= 15 is 0 Å². The number of imidazole rings is 1. The third-order valence-electron chi connectivity index (χ3n) is 5.55. The van der Waals surface area contributed by atoms with E-state index in [-0.39, 0.29) is 5.78 Å². The van der Waals surface area contributed by atoms with Gasteiger partial charge >= 0.3 is 0 Å². The molecule has 2 aromatic heterocycles. The molecule has 2 atom stereocenters. The van der Waals surface area contributed by atoms with Gasteiger partial charge in [0.2, 0.25) is 12.1 Å². The Morgan fingerprint density at radius 2 is 2.03 bits per heavy atom. The van der Waals surface area contributed by atoms with Crippen molar-refractivity contribution < 1.29 is 28.7 Å². The van der Waals surface area contributed by atoms with Crippen molar-refractivity contribution in [3.63, 3.8) is 0 Å². The van der Waals surface area contributed by atoms with E-state index in [1.165, 1.54) is 12.0 Å². The van der Waals surface area contributed by atoms with Gasteiger partial charge in [-0.1, -0.05) is 12.1 Å². The standard InChI is InChI=1S/C23H22N4O4/c1-31-18-5-2-4-17(14-18)21(28)19-20(16-6-8-24-9-7-16)27(23(30)22(19)29)12-3-11-26-13-10-25-15-26/h2,4-10,13-15,19-20H,3,11-12H2,1H3/p+2. The van der Waals surface area contributed by atoms with Crippen molar-refractivity contribution in [3.05, 3.63) is 78.6 Å². The second-order valence-corrected chi connectivity index (χ2v) is 7.42. The Balaban J connectivity index is 1.65. The van der Waals surface area contributed by atoms with Crippen LogP contribution in [0.4, 0.5) is 0 Å². The zero-order valence-electron chi connectivity index (χ0n) is 17.2. The second-order valence-electron chi connectivity index (χ2n) is 7.42. The second kappa shape index (κ2) is 8.91. The molecule has 2 unspecified atom stereocenters. The van der Waals surface area contributed by atoms with E-state index in [9.17, 15) is 14.4 Å². The summed E-state index contributed by atoms with van der Waals surface area (Å²) in [6.07, 6.45) is 9.65. The number of aromatic amines is 2. The van der Waals surface area contributed by atoms with Crippen molar-refractivity contribution in [1.29, 1.82) is 0 Å². The molecule has 1 aliphatic heterocycles. The number of H-pyrrole nitrogens is 2. The summed E-state index contributed by atoms with van der Waals surface area (Å²) in [6.45, 7) is 1.05. The largest absolute Gasteiger partial charge is 0.497 e. The molecule has 158 valence electrons. The monoisotopic (exact) mass is 420 g/mol. The van der Waals surface area contributed by atoms with E-state index < -0.39 is 23.7 Å². The predicted molar refractivity (Wildman–Crippen MR) is 109 cm³/mol. The van der Waals surface area contributed by atoms with Gasteiger partial charge in [-0.15, -0.1) is 0 Å². The van der Waals surface area contributed by atoms with Crippen LogP contribution in [0.5, 0.6) is 5.75 Å². The smallest absolute Gasteiger partial charge is 0.291 e. The highest BCUT2D eigenvalue weighted by atomic mass is 16.5. The fourth-order valence-electron chi connectivity index (χ4n) is 4.04. The van der Waals surface area contributed by atoms with Crippen molar-refractivity contribution in [2.24, 2.45) is 5.92 Å². The average Bonchev–Trinajstić information content (AvgIpc) is 3.41. The highest BCUT2D eigenvalue weighted by molar-refractivity contribution is 6.44. The van der Waals surface area contributed by atoms with Crippen molar-refractivity contribution in [3.8, 4) is 5.75 Å². The summed E-state index contributed by atoms with van der Waals surface area (Å²) < 4.78 is 7.18. The number of carbonyl (C=O) groups is 3. The van der Waals surface area contributed by atoms with Gasteiger partial charge in [0.15, 0.2) is 18.2 Å². The molecule has 0 radical (unpaired) electrons. The lowest BCUT2D eigenvalue weighted by molar-refractivity contribution is -0.695. The molecule has 3 aromatic rings. The Morgan fingerprint density at radius 1 is 1.23 bits per heavy atom.